The highest BCUT2D eigenvalue weighted by Crippen LogP contribution is 2.19. The highest BCUT2D eigenvalue weighted by molar-refractivity contribution is 6.33. The summed E-state index contributed by atoms with van der Waals surface area (Å²) in [5.74, 6) is 0. The Morgan fingerprint density at radius 2 is 1.74 bits per heavy atom. The number of para-hydroxylation sites is 1. The van der Waals surface area contributed by atoms with Crippen molar-refractivity contribution in [1.82, 2.24) is 0 Å². The van der Waals surface area contributed by atoms with Crippen LogP contribution in [-0.4, -0.2) is 46.7 Å². The molecule has 0 aliphatic carbocycles. The van der Waals surface area contributed by atoms with E-state index in [9.17, 15) is 0 Å². The molecule has 1 N–H and O–H groups in total. The summed E-state index contributed by atoms with van der Waals surface area (Å²) in [4.78, 5) is 0. The third kappa shape index (κ3) is 8.06. The molecule has 4 nitrogen and oxygen atoms in total. The smallest absolute Gasteiger partial charge is 0.0700 e. The summed E-state index contributed by atoms with van der Waals surface area (Å²) in [6.07, 6.45) is 0.899. The molecule has 1 aromatic rings. The molecule has 108 valence electrons. The van der Waals surface area contributed by atoms with Gasteiger partial charge in [0.1, 0.15) is 0 Å². The Morgan fingerprint density at radius 3 is 2.47 bits per heavy atom. The molecule has 0 fully saturated rings. The number of anilines is 1. The van der Waals surface area contributed by atoms with Crippen molar-refractivity contribution in [3.05, 3.63) is 29.3 Å². The zero-order chi connectivity index (χ0) is 13.8. The number of hydrogen-bond acceptors (Lipinski definition) is 4. The van der Waals surface area contributed by atoms with Gasteiger partial charge in [-0.25, -0.2) is 0 Å². The first-order chi connectivity index (χ1) is 9.34. The highest BCUT2D eigenvalue weighted by atomic mass is 35.5. The molecule has 0 saturated carbocycles. The van der Waals surface area contributed by atoms with Gasteiger partial charge in [-0.3, -0.25) is 0 Å². The van der Waals surface area contributed by atoms with E-state index in [1.165, 1.54) is 0 Å². The predicted molar refractivity (Wildman–Crippen MR) is 78.1 cm³/mol. The van der Waals surface area contributed by atoms with Gasteiger partial charge < -0.3 is 19.5 Å². The Balaban J connectivity index is 1.90. The second kappa shape index (κ2) is 11.1. The van der Waals surface area contributed by atoms with E-state index >= 15 is 0 Å². The van der Waals surface area contributed by atoms with Gasteiger partial charge in [0, 0.05) is 26.9 Å². The number of nitrogens with one attached hydrogen (secondary N) is 1. The van der Waals surface area contributed by atoms with E-state index in [2.05, 4.69) is 5.32 Å². The van der Waals surface area contributed by atoms with Crippen molar-refractivity contribution in [2.24, 2.45) is 0 Å². The number of rotatable bonds is 11. The van der Waals surface area contributed by atoms with Gasteiger partial charge in [-0.2, -0.15) is 0 Å². The molecule has 0 amide bonds. The molecule has 0 radical (unpaired) electrons. The monoisotopic (exact) mass is 287 g/mol. The van der Waals surface area contributed by atoms with Crippen LogP contribution in [0.4, 0.5) is 5.69 Å². The van der Waals surface area contributed by atoms with E-state index in [0.717, 1.165) is 23.7 Å². The first-order valence-electron chi connectivity index (χ1n) is 6.47. The zero-order valence-corrected chi connectivity index (χ0v) is 12.1. The zero-order valence-electron chi connectivity index (χ0n) is 11.4. The molecule has 5 heteroatoms. The minimum absolute atomic E-state index is 0.641. The van der Waals surface area contributed by atoms with Gasteiger partial charge in [-0.05, 0) is 18.6 Å². The molecule has 0 unspecified atom stereocenters. The van der Waals surface area contributed by atoms with Crippen molar-refractivity contribution in [2.75, 3.05) is 52.0 Å². The average Bonchev–Trinajstić information content (AvgIpc) is 2.43. The number of benzene rings is 1. The number of hydrogen-bond donors (Lipinski definition) is 1. The van der Waals surface area contributed by atoms with Crippen molar-refractivity contribution in [2.45, 2.75) is 6.42 Å². The minimum Gasteiger partial charge on any atom is -0.382 e. The first kappa shape index (κ1) is 16.2. The highest BCUT2D eigenvalue weighted by Gasteiger charge is 1.97. The fourth-order valence-corrected chi connectivity index (χ4v) is 1.67. The van der Waals surface area contributed by atoms with E-state index < -0.39 is 0 Å². The van der Waals surface area contributed by atoms with Crippen LogP contribution in [-0.2, 0) is 14.2 Å². The molecule has 19 heavy (non-hydrogen) atoms. The normalized spacial score (nSPS) is 10.6. The molecule has 0 aromatic heterocycles. The Morgan fingerprint density at radius 1 is 1.00 bits per heavy atom. The van der Waals surface area contributed by atoms with Crippen molar-refractivity contribution in [3.63, 3.8) is 0 Å². The Kier molecular flexibility index (Phi) is 9.45. The maximum Gasteiger partial charge on any atom is 0.0700 e. The lowest BCUT2D eigenvalue weighted by Gasteiger charge is -2.09. The van der Waals surface area contributed by atoms with Crippen molar-refractivity contribution >= 4 is 17.3 Å². The van der Waals surface area contributed by atoms with Crippen LogP contribution in [0.15, 0.2) is 24.3 Å². The summed E-state index contributed by atoms with van der Waals surface area (Å²) in [5.41, 5.74) is 0.940. The summed E-state index contributed by atoms with van der Waals surface area (Å²) in [6.45, 7) is 4.10. The predicted octanol–water partition coefficient (Wildman–Crippen LogP) is 2.82. The van der Waals surface area contributed by atoms with Crippen LogP contribution in [0.25, 0.3) is 0 Å². The van der Waals surface area contributed by atoms with E-state index in [1.54, 1.807) is 7.11 Å². The molecule has 0 atom stereocenters. The summed E-state index contributed by atoms with van der Waals surface area (Å²) in [6, 6.07) is 7.67. The average molecular weight is 288 g/mol. The number of halogens is 1. The van der Waals surface area contributed by atoms with Gasteiger partial charge in [-0.15, -0.1) is 0 Å². The van der Waals surface area contributed by atoms with Gasteiger partial charge in [0.15, 0.2) is 0 Å². The van der Waals surface area contributed by atoms with Crippen LogP contribution in [0.1, 0.15) is 6.42 Å². The van der Waals surface area contributed by atoms with Gasteiger partial charge in [0.2, 0.25) is 0 Å². The SMILES string of the molecule is COCCOCCCOCCNc1ccccc1Cl. The lowest BCUT2D eigenvalue weighted by atomic mass is 10.3. The van der Waals surface area contributed by atoms with Crippen LogP contribution in [0, 0.1) is 0 Å². The van der Waals surface area contributed by atoms with Crippen LogP contribution in [0.3, 0.4) is 0 Å². The summed E-state index contributed by atoms with van der Waals surface area (Å²) < 4.78 is 15.7. The lowest BCUT2D eigenvalue weighted by molar-refractivity contribution is 0.0529. The second-order valence-corrected chi connectivity index (χ2v) is 4.38. The molecule has 0 spiro atoms. The summed E-state index contributed by atoms with van der Waals surface area (Å²) in [5, 5.41) is 3.96. The van der Waals surface area contributed by atoms with E-state index in [-0.39, 0.29) is 0 Å². The van der Waals surface area contributed by atoms with E-state index in [1.807, 2.05) is 24.3 Å². The largest absolute Gasteiger partial charge is 0.382 e. The minimum atomic E-state index is 0.641. The number of ether oxygens (including phenoxy) is 3. The first-order valence-corrected chi connectivity index (χ1v) is 6.85. The molecule has 0 heterocycles. The molecule has 1 aromatic carbocycles. The van der Waals surface area contributed by atoms with Gasteiger partial charge in [-0.1, -0.05) is 23.7 Å². The molecule has 0 bridgehead atoms. The Labute approximate surface area is 120 Å². The molecular formula is C14H22ClNO3. The second-order valence-electron chi connectivity index (χ2n) is 3.98. The summed E-state index contributed by atoms with van der Waals surface area (Å²) >= 11 is 6.02. The maximum atomic E-state index is 6.02. The van der Waals surface area contributed by atoms with Crippen molar-refractivity contribution in [1.29, 1.82) is 0 Å². The fraction of sp³-hybridized carbons (Fsp3) is 0.571. The van der Waals surface area contributed by atoms with Gasteiger partial charge in [0.25, 0.3) is 0 Å². The third-order valence-corrected chi connectivity index (χ3v) is 2.77. The third-order valence-electron chi connectivity index (χ3n) is 2.44. The molecule has 0 aliphatic heterocycles. The van der Waals surface area contributed by atoms with Crippen LogP contribution in [0.2, 0.25) is 5.02 Å². The molecule has 0 aliphatic rings. The fourth-order valence-electron chi connectivity index (χ4n) is 1.47. The summed E-state index contributed by atoms with van der Waals surface area (Å²) in [7, 11) is 1.67. The van der Waals surface area contributed by atoms with Gasteiger partial charge >= 0.3 is 0 Å². The van der Waals surface area contributed by atoms with E-state index in [0.29, 0.717) is 33.0 Å². The Hall–Kier alpha value is -0.810. The molecule has 0 saturated heterocycles. The van der Waals surface area contributed by atoms with Crippen LogP contribution in [0.5, 0.6) is 0 Å². The van der Waals surface area contributed by atoms with Crippen LogP contribution < -0.4 is 5.32 Å². The van der Waals surface area contributed by atoms with Crippen molar-refractivity contribution < 1.29 is 14.2 Å². The van der Waals surface area contributed by atoms with Crippen molar-refractivity contribution in [3.8, 4) is 0 Å². The standard InChI is InChI=1S/C14H22ClNO3/c1-17-11-12-19-9-4-8-18-10-7-16-14-6-3-2-5-13(14)15/h2-3,5-6,16H,4,7-12H2,1H3. The maximum absolute atomic E-state index is 6.02. The number of methoxy groups -OCH3 is 1. The topological polar surface area (TPSA) is 39.7 Å². The van der Waals surface area contributed by atoms with E-state index in [4.69, 9.17) is 25.8 Å². The van der Waals surface area contributed by atoms with Crippen LogP contribution >= 0.6 is 11.6 Å². The Bertz CT molecular complexity index is 336. The van der Waals surface area contributed by atoms with Gasteiger partial charge in [0.05, 0.1) is 30.5 Å². The lowest BCUT2D eigenvalue weighted by Crippen LogP contribution is -2.11. The molecule has 1 rings (SSSR count). The molecular weight excluding hydrogens is 266 g/mol. The quantitative estimate of drug-likeness (QED) is 0.635.